The molecule has 0 fully saturated rings. The van der Waals surface area contributed by atoms with Crippen molar-refractivity contribution in [1.29, 1.82) is 0 Å². The van der Waals surface area contributed by atoms with E-state index >= 15 is 0 Å². The molecule has 0 bridgehead atoms. The van der Waals surface area contributed by atoms with Crippen molar-refractivity contribution in [3.63, 3.8) is 0 Å². The topological polar surface area (TPSA) is 87.5 Å². The van der Waals surface area contributed by atoms with Crippen LogP contribution < -0.4 is 11.5 Å². The van der Waals surface area contributed by atoms with Crippen molar-refractivity contribution in [3.05, 3.63) is 28.2 Å². The molecular weight excluding hydrogens is 224 g/mol. The smallest absolute Gasteiger partial charge is 0.419 e. The number of ether oxygens (including phenoxy) is 1. The number of aryl methyl sites for hydroxylation is 1. The third kappa shape index (κ3) is 1.77. The molecule has 6 nitrogen and oxygen atoms in total. The lowest BCUT2D eigenvalue weighted by atomic mass is 10.1. The van der Waals surface area contributed by atoms with Gasteiger partial charge in [0.05, 0.1) is 17.7 Å². The number of hydrogen-bond acceptors (Lipinski definition) is 5. The van der Waals surface area contributed by atoms with E-state index in [2.05, 4.69) is 0 Å². The van der Waals surface area contributed by atoms with Crippen LogP contribution in [0.5, 0.6) is 0 Å². The number of nitrogens with zero attached hydrogens (tertiary/aromatic N) is 1. The van der Waals surface area contributed by atoms with E-state index in [1.165, 1.54) is 16.7 Å². The fourth-order valence-corrected chi connectivity index (χ4v) is 1.57. The number of carbonyl (C=O) groups excluding carboxylic acids is 1. The minimum absolute atomic E-state index is 0.227. The molecule has 0 saturated carbocycles. The van der Waals surface area contributed by atoms with E-state index in [-0.39, 0.29) is 17.9 Å². The van der Waals surface area contributed by atoms with Gasteiger partial charge in [-0.3, -0.25) is 4.57 Å². The van der Waals surface area contributed by atoms with Gasteiger partial charge in [0.1, 0.15) is 0 Å². The number of nitrogens with two attached hydrogens (primary N) is 1. The van der Waals surface area contributed by atoms with Crippen molar-refractivity contribution in [1.82, 2.24) is 4.57 Å². The summed E-state index contributed by atoms with van der Waals surface area (Å²) in [4.78, 5) is 22.9. The van der Waals surface area contributed by atoms with Gasteiger partial charge in [-0.25, -0.2) is 9.59 Å². The molecule has 0 aliphatic carbocycles. The van der Waals surface area contributed by atoms with E-state index < -0.39 is 11.7 Å². The Kier molecular flexibility index (Phi) is 2.63. The van der Waals surface area contributed by atoms with E-state index in [9.17, 15) is 9.59 Å². The SMILES string of the molecule is CCOC(=O)c1cc2c(cc1N)oc(=O)n2C. The number of carbonyl (C=O) groups is 1. The van der Waals surface area contributed by atoms with Gasteiger partial charge in [-0.1, -0.05) is 0 Å². The highest BCUT2D eigenvalue weighted by molar-refractivity contribution is 5.99. The van der Waals surface area contributed by atoms with E-state index in [1.807, 2.05) is 0 Å². The van der Waals surface area contributed by atoms with Crippen molar-refractivity contribution < 1.29 is 13.9 Å². The largest absolute Gasteiger partial charge is 0.462 e. The number of nitrogen functional groups attached to an aromatic ring is 1. The molecule has 2 N–H and O–H groups in total. The molecule has 90 valence electrons. The highest BCUT2D eigenvalue weighted by Gasteiger charge is 2.15. The predicted octanol–water partition coefficient (Wildman–Crippen LogP) is 0.890. The molecule has 1 heterocycles. The van der Waals surface area contributed by atoms with Crippen LogP contribution in [0.3, 0.4) is 0 Å². The lowest BCUT2D eigenvalue weighted by Gasteiger charge is -2.05. The summed E-state index contributed by atoms with van der Waals surface area (Å²) in [5.74, 6) is -1.01. The molecule has 17 heavy (non-hydrogen) atoms. The summed E-state index contributed by atoms with van der Waals surface area (Å²) in [5, 5.41) is 0. The van der Waals surface area contributed by atoms with Crippen LogP contribution >= 0.6 is 0 Å². The Bertz CT molecular complexity index is 639. The molecule has 2 rings (SSSR count). The number of hydrogen-bond donors (Lipinski definition) is 1. The predicted molar refractivity (Wildman–Crippen MR) is 61.8 cm³/mol. The molecule has 0 atom stereocenters. The second-order valence-corrected chi connectivity index (χ2v) is 3.55. The van der Waals surface area contributed by atoms with Crippen LogP contribution in [0.2, 0.25) is 0 Å². The lowest BCUT2D eigenvalue weighted by molar-refractivity contribution is 0.0528. The molecule has 0 unspecified atom stereocenters. The van der Waals surface area contributed by atoms with Gasteiger partial charge in [0.25, 0.3) is 0 Å². The Morgan fingerprint density at radius 1 is 1.53 bits per heavy atom. The summed E-state index contributed by atoms with van der Waals surface area (Å²) in [7, 11) is 1.55. The number of anilines is 1. The van der Waals surface area contributed by atoms with Crippen molar-refractivity contribution in [3.8, 4) is 0 Å². The van der Waals surface area contributed by atoms with Gasteiger partial charge < -0.3 is 14.9 Å². The molecule has 1 aromatic heterocycles. The monoisotopic (exact) mass is 236 g/mol. The van der Waals surface area contributed by atoms with Crippen molar-refractivity contribution in [2.45, 2.75) is 6.92 Å². The second kappa shape index (κ2) is 3.97. The quantitative estimate of drug-likeness (QED) is 0.618. The number of esters is 1. The zero-order chi connectivity index (χ0) is 12.6. The van der Waals surface area contributed by atoms with Crippen LogP contribution in [0.4, 0.5) is 5.69 Å². The first kappa shape index (κ1) is 11.3. The van der Waals surface area contributed by atoms with Crippen LogP contribution in [0, 0.1) is 0 Å². The minimum atomic E-state index is -0.513. The maximum absolute atomic E-state index is 11.6. The van der Waals surface area contributed by atoms with E-state index in [0.717, 1.165) is 0 Å². The normalized spacial score (nSPS) is 10.7. The summed E-state index contributed by atoms with van der Waals surface area (Å²) >= 11 is 0. The van der Waals surface area contributed by atoms with Gasteiger partial charge in [0.15, 0.2) is 5.58 Å². The molecule has 0 aliphatic heterocycles. The summed E-state index contributed by atoms with van der Waals surface area (Å²) in [6, 6.07) is 2.94. The van der Waals surface area contributed by atoms with Gasteiger partial charge >= 0.3 is 11.7 Å². The van der Waals surface area contributed by atoms with Gasteiger partial charge in [-0.15, -0.1) is 0 Å². The molecule has 0 saturated heterocycles. The van der Waals surface area contributed by atoms with Crippen LogP contribution in [0.1, 0.15) is 17.3 Å². The lowest BCUT2D eigenvalue weighted by Crippen LogP contribution is -2.10. The zero-order valence-corrected chi connectivity index (χ0v) is 9.52. The van der Waals surface area contributed by atoms with Gasteiger partial charge in [-0.05, 0) is 13.0 Å². The molecule has 0 amide bonds. The Morgan fingerprint density at radius 2 is 2.24 bits per heavy atom. The molecule has 2 aromatic rings. The van der Waals surface area contributed by atoms with E-state index in [0.29, 0.717) is 11.1 Å². The standard InChI is InChI=1S/C11H12N2O4/c1-3-16-10(14)6-4-8-9(5-7(6)12)17-11(15)13(8)2/h4-5H,3,12H2,1-2H3. The number of oxazole rings is 1. The Morgan fingerprint density at radius 3 is 2.88 bits per heavy atom. The molecule has 0 aliphatic rings. The number of aromatic nitrogens is 1. The average molecular weight is 236 g/mol. The summed E-state index contributed by atoms with van der Waals surface area (Å²) in [6.45, 7) is 1.97. The highest BCUT2D eigenvalue weighted by atomic mass is 16.5. The van der Waals surface area contributed by atoms with Crippen LogP contribution in [0.15, 0.2) is 21.3 Å². The maximum Gasteiger partial charge on any atom is 0.419 e. The zero-order valence-electron chi connectivity index (χ0n) is 9.52. The summed E-state index contributed by atoms with van der Waals surface area (Å²) in [6.07, 6.45) is 0. The first-order chi connectivity index (χ1) is 8.04. The fourth-order valence-electron chi connectivity index (χ4n) is 1.57. The number of fused-ring (bicyclic) bond motifs is 1. The van der Waals surface area contributed by atoms with E-state index in [4.69, 9.17) is 14.9 Å². The van der Waals surface area contributed by atoms with Crippen molar-refractivity contribution in [2.75, 3.05) is 12.3 Å². The van der Waals surface area contributed by atoms with Gasteiger partial charge in [0, 0.05) is 18.8 Å². The van der Waals surface area contributed by atoms with Gasteiger partial charge in [-0.2, -0.15) is 0 Å². The van der Waals surface area contributed by atoms with Crippen molar-refractivity contribution >= 4 is 22.8 Å². The van der Waals surface area contributed by atoms with Gasteiger partial charge in [0.2, 0.25) is 0 Å². The molecule has 0 radical (unpaired) electrons. The molecule has 1 aromatic carbocycles. The molecule has 0 spiro atoms. The van der Waals surface area contributed by atoms with Crippen LogP contribution in [-0.4, -0.2) is 17.1 Å². The Balaban J connectivity index is 2.65. The number of benzene rings is 1. The third-order valence-electron chi connectivity index (χ3n) is 2.46. The van der Waals surface area contributed by atoms with Crippen molar-refractivity contribution in [2.24, 2.45) is 7.05 Å². The number of rotatable bonds is 2. The summed E-state index contributed by atoms with van der Waals surface area (Å²) in [5.41, 5.74) is 7.02. The second-order valence-electron chi connectivity index (χ2n) is 3.55. The Labute approximate surface area is 96.6 Å². The molecular formula is C11H12N2O4. The van der Waals surface area contributed by atoms with Crippen LogP contribution in [0.25, 0.3) is 11.1 Å². The highest BCUT2D eigenvalue weighted by Crippen LogP contribution is 2.21. The Hall–Kier alpha value is -2.24. The minimum Gasteiger partial charge on any atom is -0.462 e. The summed E-state index contributed by atoms with van der Waals surface area (Å²) < 4.78 is 11.1. The first-order valence-corrected chi connectivity index (χ1v) is 5.10. The third-order valence-corrected chi connectivity index (χ3v) is 2.46. The fraction of sp³-hybridized carbons (Fsp3) is 0.273. The van der Waals surface area contributed by atoms with Crippen LogP contribution in [-0.2, 0) is 11.8 Å². The maximum atomic E-state index is 11.6. The molecule has 6 heteroatoms. The van der Waals surface area contributed by atoms with E-state index in [1.54, 1.807) is 14.0 Å². The average Bonchev–Trinajstić information content (AvgIpc) is 2.53. The first-order valence-electron chi connectivity index (χ1n) is 5.10.